The van der Waals surface area contributed by atoms with Crippen molar-refractivity contribution in [1.82, 2.24) is 0 Å². The predicted molar refractivity (Wildman–Crippen MR) is 5.83 cm³/mol. The molecule has 0 aliphatic heterocycles. The summed E-state index contributed by atoms with van der Waals surface area (Å²) in [7, 11) is -4.69. The Bertz CT molecular complexity index is 23.6. The maximum Gasteiger partial charge on any atom is 2.00 e. The quantitative estimate of drug-likeness (QED) is 0.450. The van der Waals surface area contributed by atoms with Crippen LogP contribution < -0.4 is 14.0 Å². The van der Waals surface area contributed by atoms with Gasteiger partial charge in [-0.25, -0.2) is 0 Å². The molecule has 0 radical (unpaired) electrons. The van der Waals surface area contributed by atoms with Gasteiger partial charge in [-0.2, -0.15) is 14.0 Å². The van der Waals surface area contributed by atoms with Crippen LogP contribution in [0.3, 0.4) is 0 Å². The fourth-order valence-electron chi connectivity index (χ4n) is 0. The Kier molecular flexibility index (Phi) is 11.6. The summed E-state index contributed by atoms with van der Waals surface area (Å²) >= 11 is 0. The number of hydrogen-bond donors (Lipinski definition) is 1. The molecule has 7 heavy (non-hydrogen) atoms. The number of hydrogen-bond acceptors (Lipinski definition) is 4. The van der Waals surface area contributed by atoms with Crippen molar-refractivity contribution in [2.45, 2.75) is 0 Å². The summed E-state index contributed by atoms with van der Waals surface area (Å²) < 4.78 is 32.7. The molecule has 0 fully saturated rings. The van der Waals surface area contributed by atoms with Crippen LogP contribution in [0.15, 0.2) is 0 Å². The Morgan fingerprint density at radius 2 is 1.14 bits per heavy atom. The minimum Gasteiger partial charge on any atom is -0.412 e. The molecule has 0 aromatic rings. The molecule has 40 valence electrons. The molecule has 0 aromatic carbocycles. The summed E-state index contributed by atoms with van der Waals surface area (Å²) in [5.74, 6) is 0. The fourth-order valence-corrected chi connectivity index (χ4v) is 0. The van der Waals surface area contributed by atoms with Gasteiger partial charge in [-0.1, -0.05) is 0 Å². The molecule has 0 aromatic heterocycles. The van der Waals surface area contributed by atoms with Gasteiger partial charge in [0, 0.05) is 0 Å². The first kappa shape index (κ1) is 15.7. The van der Waals surface area contributed by atoms with E-state index in [0.717, 1.165) is 0 Å². The Labute approximate surface area is 62.1 Å². The molecule has 0 aliphatic carbocycles. The number of rotatable bonds is 0. The second-order valence-corrected chi connectivity index (χ2v) is 1.19. The van der Waals surface area contributed by atoms with Crippen LogP contribution in [0.5, 0.6) is 0 Å². The third-order valence-corrected chi connectivity index (χ3v) is 0. The molecule has 7 heteroatoms. The third-order valence-electron chi connectivity index (χ3n) is 0. The van der Waals surface area contributed by atoms with Crippen LogP contribution in [0, 0.1) is 10.2 Å². The molecule has 0 atom stereocenters. The topological polar surface area (TPSA) is 121 Å². The van der Waals surface area contributed by atoms with E-state index in [0.29, 0.717) is 0 Å². The first-order valence-electron chi connectivity index (χ1n) is 0.632. The first-order chi connectivity index (χ1) is 2.00. The molecule has 0 bridgehead atoms. The van der Waals surface area contributed by atoms with Crippen LogP contribution in [0.1, 0.15) is 0 Å². The summed E-state index contributed by atoms with van der Waals surface area (Å²) in [5, 5.41) is 0. The van der Waals surface area contributed by atoms with Crippen LogP contribution in [0.25, 0.3) is 0 Å². The first-order valence-corrected chi connectivity index (χ1v) is 1.90. The van der Waals surface area contributed by atoms with E-state index in [4.69, 9.17) is 18.6 Å². The van der Waals surface area contributed by atoms with Crippen molar-refractivity contribution >= 4 is 0 Å². The van der Waals surface area contributed by atoms with Crippen molar-refractivity contribution in [2.75, 3.05) is 0 Å². The van der Waals surface area contributed by atoms with Gasteiger partial charge < -0.3 is 5.48 Å². The van der Waals surface area contributed by atoms with Crippen molar-refractivity contribution < 1.29 is 62.0 Å². The molecule has 3 N–H and O–H groups in total. The van der Waals surface area contributed by atoms with Crippen molar-refractivity contribution in [1.29, 1.82) is 0 Å². The van der Waals surface area contributed by atoms with Gasteiger partial charge >= 0.3 is 27.7 Å². The molecule has 0 saturated carbocycles. The zero-order chi connectivity index (χ0) is 4.50. The zero-order valence-electron chi connectivity index (χ0n) is 3.26. The van der Waals surface area contributed by atoms with E-state index in [1.807, 2.05) is 0 Å². The van der Waals surface area contributed by atoms with Crippen LogP contribution in [-0.2, 0) is 27.7 Å². The monoisotopic (exact) mass is 320 g/mol. The summed E-state index contributed by atoms with van der Waals surface area (Å²) in [6.07, 6.45) is 0. The Hall–Kier alpha value is 1.03. The van der Waals surface area contributed by atoms with E-state index in [2.05, 4.69) is 0 Å². The molecule has 0 spiro atoms. The summed E-state index contributed by atoms with van der Waals surface area (Å²) in [4.78, 5) is 0. The molecule has 0 unspecified atom stereocenters. The van der Waals surface area contributed by atoms with Crippen LogP contribution >= 0.6 is 0 Å². The Balaban J connectivity index is -0.0000000800. The molecular weight excluding hydrogens is 316 g/mol. The SMILES string of the molecule is O.[Hg+2].[O-][Cl+3]([O-])([O-])O. The third kappa shape index (κ3) is 169. The van der Waals surface area contributed by atoms with E-state index < -0.39 is 10.2 Å². The molecule has 0 rings (SSSR count). The maximum absolute atomic E-state index is 8.60. The standard InChI is InChI=1S/ClHO4.Hg.H2O/c2-1(3,4)5;;/h(H,2,3,4,5);;1H2/q;+2;. The zero-order valence-corrected chi connectivity index (χ0v) is 9.51. The van der Waals surface area contributed by atoms with Gasteiger partial charge in [0.05, 0.1) is 14.9 Å². The largest absolute Gasteiger partial charge is 2.00 e. The predicted octanol–water partition coefficient (Wildman–Crippen LogP) is -4.95. The Morgan fingerprint density at radius 1 is 1.14 bits per heavy atom. The van der Waals surface area contributed by atoms with E-state index in [-0.39, 0.29) is 33.1 Å². The molecular formula is H3ClHgO5+2. The van der Waals surface area contributed by atoms with Gasteiger partial charge in [-0.05, 0) is 0 Å². The molecule has 0 saturated heterocycles. The average Bonchev–Trinajstić information content (AvgIpc) is 0.722. The van der Waals surface area contributed by atoms with Crippen molar-refractivity contribution in [3.8, 4) is 0 Å². The summed E-state index contributed by atoms with van der Waals surface area (Å²) in [6.45, 7) is 0. The average molecular weight is 319 g/mol. The van der Waals surface area contributed by atoms with E-state index in [9.17, 15) is 0 Å². The number of halogens is 1. The minimum absolute atomic E-state index is 0. The van der Waals surface area contributed by atoms with Crippen molar-refractivity contribution in [2.24, 2.45) is 0 Å². The molecule has 5 nitrogen and oxygen atoms in total. The second kappa shape index (κ2) is 5.17. The molecule has 0 amide bonds. The summed E-state index contributed by atoms with van der Waals surface area (Å²) in [6, 6.07) is 0. The van der Waals surface area contributed by atoms with Gasteiger partial charge in [0.1, 0.15) is 0 Å². The Morgan fingerprint density at radius 3 is 1.14 bits per heavy atom. The van der Waals surface area contributed by atoms with Gasteiger partial charge in [-0.3, -0.25) is 0 Å². The normalized spacial score (nSPS) is 8.57. The second-order valence-electron chi connectivity index (χ2n) is 0.396. The van der Waals surface area contributed by atoms with Crippen LogP contribution in [0.4, 0.5) is 0 Å². The van der Waals surface area contributed by atoms with Gasteiger partial charge in [0.25, 0.3) is 0 Å². The van der Waals surface area contributed by atoms with E-state index in [1.54, 1.807) is 0 Å². The van der Waals surface area contributed by atoms with Gasteiger partial charge in [0.2, 0.25) is 0 Å². The fraction of sp³-hybridized carbons (Fsp3) is 0. The van der Waals surface area contributed by atoms with E-state index >= 15 is 0 Å². The van der Waals surface area contributed by atoms with Crippen molar-refractivity contribution in [3.05, 3.63) is 0 Å². The van der Waals surface area contributed by atoms with Crippen molar-refractivity contribution in [3.63, 3.8) is 0 Å². The summed E-state index contributed by atoms with van der Waals surface area (Å²) in [5.41, 5.74) is 0. The molecule has 0 aliphatic rings. The van der Waals surface area contributed by atoms with Crippen LogP contribution in [0.2, 0.25) is 0 Å². The maximum atomic E-state index is 8.60. The van der Waals surface area contributed by atoms with Gasteiger partial charge in [0.15, 0.2) is 0 Å². The molecule has 0 heterocycles. The smallest absolute Gasteiger partial charge is 0.412 e. The minimum atomic E-state index is -4.69. The van der Waals surface area contributed by atoms with E-state index in [1.165, 1.54) is 0 Å². The van der Waals surface area contributed by atoms with Gasteiger partial charge in [-0.15, -0.1) is 0 Å². The van der Waals surface area contributed by atoms with Crippen LogP contribution in [-0.4, -0.2) is 10.1 Å².